The molecule has 0 amide bonds. The van der Waals surface area contributed by atoms with Crippen molar-refractivity contribution in [2.24, 2.45) is 11.8 Å². The van der Waals surface area contributed by atoms with Gasteiger partial charge in [-0.2, -0.15) is 0 Å². The molecule has 0 saturated heterocycles. The average Bonchev–Trinajstić information content (AvgIpc) is 3.13. The van der Waals surface area contributed by atoms with E-state index >= 15 is 0 Å². The summed E-state index contributed by atoms with van der Waals surface area (Å²) in [6.07, 6.45) is 6.32. The molecular weight excluding hydrogens is 324 g/mol. The van der Waals surface area contributed by atoms with Gasteiger partial charge in [0.05, 0.1) is 12.2 Å². The normalized spacial score (nSPS) is 28.8. The first-order valence-electron chi connectivity index (χ1n) is 9.79. The van der Waals surface area contributed by atoms with Crippen LogP contribution in [-0.4, -0.2) is 28.5 Å². The first kappa shape index (κ1) is 19.0. The first-order valence-corrected chi connectivity index (χ1v) is 9.79. The van der Waals surface area contributed by atoms with Gasteiger partial charge in [-0.1, -0.05) is 50.6 Å². The molecular formula is C23H30O3. The fourth-order valence-corrected chi connectivity index (χ4v) is 4.25. The maximum Gasteiger partial charge on any atom is 0.126 e. The van der Waals surface area contributed by atoms with Crippen LogP contribution in [0, 0.1) is 23.7 Å². The maximum atomic E-state index is 10.6. The van der Waals surface area contributed by atoms with E-state index in [0.717, 1.165) is 18.6 Å². The molecule has 0 aromatic heterocycles. The highest BCUT2D eigenvalue weighted by Crippen LogP contribution is 2.52. The lowest BCUT2D eigenvalue weighted by atomic mass is 9.86. The van der Waals surface area contributed by atoms with Gasteiger partial charge in [0.1, 0.15) is 11.9 Å². The van der Waals surface area contributed by atoms with Crippen molar-refractivity contribution in [3.05, 3.63) is 41.5 Å². The van der Waals surface area contributed by atoms with Crippen molar-refractivity contribution in [1.29, 1.82) is 0 Å². The summed E-state index contributed by atoms with van der Waals surface area (Å²) in [5, 5.41) is 20.9. The number of aliphatic hydroxyl groups excluding tert-OH is 2. The predicted octanol–water partition coefficient (Wildman–Crippen LogP) is 3.83. The number of fused-ring (bicyclic) bond motifs is 3. The van der Waals surface area contributed by atoms with E-state index in [4.69, 9.17) is 4.74 Å². The first-order chi connectivity index (χ1) is 12.6. The topological polar surface area (TPSA) is 49.7 Å². The van der Waals surface area contributed by atoms with Gasteiger partial charge in [-0.05, 0) is 24.8 Å². The van der Waals surface area contributed by atoms with Crippen LogP contribution in [0.3, 0.4) is 0 Å². The van der Waals surface area contributed by atoms with Crippen LogP contribution >= 0.6 is 0 Å². The molecule has 1 fully saturated rings. The molecule has 3 rings (SSSR count). The number of hydrogen-bond acceptors (Lipinski definition) is 3. The summed E-state index contributed by atoms with van der Waals surface area (Å²) >= 11 is 0. The van der Waals surface area contributed by atoms with Crippen LogP contribution in [0.15, 0.2) is 30.4 Å². The molecule has 3 heteroatoms. The minimum Gasteiger partial charge on any atom is -0.489 e. The van der Waals surface area contributed by atoms with Crippen molar-refractivity contribution in [2.75, 3.05) is 0 Å². The minimum absolute atomic E-state index is 0.0164. The van der Waals surface area contributed by atoms with Crippen LogP contribution < -0.4 is 4.74 Å². The zero-order valence-electron chi connectivity index (χ0n) is 16.0. The number of rotatable bonds is 6. The third-order valence-corrected chi connectivity index (χ3v) is 5.72. The third-order valence-electron chi connectivity index (χ3n) is 5.72. The highest BCUT2D eigenvalue weighted by atomic mass is 16.5. The van der Waals surface area contributed by atoms with E-state index in [2.05, 4.69) is 37.0 Å². The lowest BCUT2D eigenvalue weighted by molar-refractivity contribution is 0.134. The number of para-hydroxylation sites is 1. The molecule has 140 valence electrons. The molecule has 1 heterocycles. The van der Waals surface area contributed by atoms with Crippen LogP contribution in [0.4, 0.5) is 0 Å². The molecule has 3 nitrogen and oxygen atoms in total. The van der Waals surface area contributed by atoms with Crippen LogP contribution in [-0.2, 0) is 6.42 Å². The molecule has 2 aliphatic rings. The van der Waals surface area contributed by atoms with Crippen LogP contribution in [0.2, 0.25) is 0 Å². The number of aryl methyl sites for hydroxylation is 1. The number of benzene rings is 1. The Morgan fingerprint density at radius 2 is 2.19 bits per heavy atom. The highest BCUT2D eigenvalue weighted by Gasteiger charge is 2.48. The van der Waals surface area contributed by atoms with Crippen molar-refractivity contribution in [1.82, 2.24) is 0 Å². The van der Waals surface area contributed by atoms with Crippen molar-refractivity contribution in [2.45, 2.75) is 70.7 Å². The Balaban J connectivity index is 1.79. The van der Waals surface area contributed by atoms with Crippen LogP contribution in [0.25, 0.3) is 0 Å². The van der Waals surface area contributed by atoms with Gasteiger partial charge in [0.25, 0.3) is 0 Å². The zero-order chi connectivity index (χ0) is 18.7. The fourth-order valence-electron chi connectivity index (χ4n) is 4.25. The van der Waals surface area contributed by atoms with Crippen molar-refractivity contribution in [3.8, 4) is 17.6 Å². The molecule has 1 aromatic carbocycles. The second kappa shape index (κ2) is 8.29. The largest absolute Gasteiger partial charge is 0.489 e. The molecule has 2 N–H and O–H groups in total. The van der Waals surface area contributed by atoms with E-state index < -0.39 is 12.2 Å². The number of aliphatic hydroxyl groups is 2. The standard InChI is InChI=1S/C23H30O3/c1-4-6-9-15(3)19(24)13-12-17-20(25)14-21-22(17)18-11-7-10-16(8-5-2)23(18)26-21/h7,10-13,15,17,19-22,24-25H,5,8-9,14H2,1-3H3/b13-12+/t15?,17-,19+,20+,21-,22-/m0/s1. The van der Waals surface area contributed by atoms with Gasteiger partial charge in [-0.15, -0.1) is 11.8 Å². The Hall–Kier alpha value is -1.76. The summed E-state index contributed by atoms with van der Waals surface area (Å²) in [6.45, 7) is 5.99. The van der Waals surface area contributed by atoms with Crippen molar-refractivity contribution >= 4 is 0 Å². The summed E-state index contributed by atoms with van der Waals surface area (Å²) < 4.78 is 6.25. The number of hydrogen-bond donors (Lipinski definition) is 2. The summed E-state index contributed by atoms with van der Waals surface area (Å²) in [5.74, 6) is 7.16. The maximum absolute atomic E-state index is 10.6. The predicted molar refractivity (Wildman–Crippen MR) is 104 cm³/mol. The summed E-state index contributed by atoms with van der Waals surface area (Å²) in [5.41, 5.74) is 2.48. The van der Waals surface area contributed by atoms with E-state index in [0.29, 0.717) is 12.8 Å². The minimum atomic E-state index is -0.546. The second-order valence-corrected chi connectivity index (χ2v) is 7.63. The molecule has 0 bridgehead atoms. The monoisotopic (exact) mass is 354 g/mol. The van der Waals surface area contributed by atoms with Gasteiger partial charge in [0, 0.05) is 30.2 Å². The SMILES string of the molecule is CC#CCC(C)[C@H](O)/C=C/[C@@H]1[C@H]2c3cccc(CCC)c3O[C@H]2C[C@H]1O. The fraction of sp³-hybridized carbons (Fsp3) is 0.565. The molecule has 1 unspecified atom stereocenters. The quantitative estimate of drug-likeness (QED) is 0.603. The Bertz CT molecular complexity index is 712. The molecule has 6 atom stereocenters. The Morgan fingerprint density at radius 1 is 1.38 bits per heavy atom. The lowest BCUT2D eigenvalue weighted by Gasteiger charge is -2.19. The Morgan fingerprint density at radius 3 is 2.92 bits per heavy atom. The highest BCUT2D eigenvalue weighted by molar-refractivity contribution is 5.49. The van der Waals surface area contributed by atoms with E-state index in [9.17, 15) is 10.2 Å². The van der Waals surface area contributed by atoms with Gasteiger partial charge in [-0.25, -0.2) is 0 Å². The molecule has 0 radical (unpaired) electrons. The molecule has 1 saturated carbocycles. The smallest absolute Gasteiger partial charge is 0.126 e. The van der Waals surface area contributed by atoms with Crippen molar-refractivity contribution < 1.29 is 14.9 Å². The van der Waals surface area contributed by atoms with E-state index in [1.807, 2.05) is 26.0 Å². The average molecular weight is 354 g/mol. The second-order valence-electron chi connectivity index (χ2n) is 7.63. The van der Waals surface area contributed by atoms with Crippen LogP contribution in [0.1, 0.15) is 57.1 Å². The van der Waals surface area contributed by atoms with E-state index in [1.165, 1.54) is 11.1 Å². The summed E-state index contributed by atoms with van der Waals surface area (Å²) in [4.78, 5) is 0. The Labute approximate surface area is 157 Å². The van der Waals surface area contributed by atoms with Gasteiger partial charge in [0.15, 0.2) is 0 Å². The summed E-state index contributed by atoms with van der Waals surface area (Å²) in [7, 11) is 0. The zero-order valence-corrected chi connectivity index (χ0v) is 16.0. The number of ether oxygens (including phenoxy) is 1. The molecule has 1 aliphatic heterocycles. The van der Waals surface area contributed by atoms with E-state index in [-0.39, 0.29) is 23.9 Å². The Kier molecular flexibility index (Phi) is 6.06. The lowest BCUT2D eigenvalue weighted by Crippen LogP contribution is -2.19. The molecule has 26 heavy (non-hydrogen) atoms. The van der Waals surface area contributed by atoms with Gasteiger partial charge in [-0.3, -0.25) is 0 Å². The van der Waals surface area contributed by atoms with Crippen LogP contribution in [0.5, 0.6) is 5.75 Å². The van der Waals surface area contributed by atoms with Gasteiger partial charge >= 0.3 is 0 Å². The third kappa shape index (κ3) is 3.68. The summed E-state index contributed by atoms with van der Waals surface area (Å²) in [6, 6.07) is 6.38. The molecule has 1 aliphatic carbocycles. The molecule has 1 aromatic rings. The molecule has 0 spiro atoms. The van der Waals surface area contributed by atoms with Gasteiger partial charge < -0.3 is 14.9 Å². The van der Waals surface area contributed by atoms with E-state index in [1.54, 1.807) is 0 Å². The van der Waals surface area contributed by atoms with Gasteiger partial charge in [0.2, 0.25) is 0 Å². The van der Waals surface area contributed by atoms with Crippen molar-refractivity contribution in [3.63, 3.8) is 0 Å².